The molecule has 0 fully saturated rings. The molecule has 0 saturated heterocycles. The van der Waals surface area contributed by atoms with Gasteiger partial charge in [-0.05, 0) is 67.1 Å². The van der Waals surface area contributed by atoms with E-state index in [4.69, 9.17) is 0 Å². The molecular formula is C25H29N7O. The van der Waals surface area contributed by atoms with Crippen LogP contribution in [0.4, 0.5) is 0 Å². The number of hydrazone groups is 1. The number of aryl methyl sites for hydroxylation is 1. The average Bonchev–Trinajstić information content (AvgIpc) is 3.34. The van der Waals surface area contributed by atoms with E-state index in [2.05, 4.69) is 56.6 Å². The van der Waals surface area contributed by atoms with E-state index in [1.54, 1.807) is 18.6 Å². The molecule has 1 aliphatic rings. The van der Waals surface area contributed by atoms with Gasteiger partial charge in [-0.2, -0.15) is 5.10 Å². The number of amides is 1. The van der Waals surface area contributed by atoms with Gasteiger partial charge in [-0.3, -0.25) is 19.7 Å². The molecule has 0 unspecified atom stereocenters. The first-order chi connectivity index (χ1) is 16.0. The van der Waals surface area contributed by atoms with E-state index in [0.717, 1.165) is 37.3 Å². The quantitative estimate of drug-likeness (QED) is 0.347. The first-order valence-electron chi connectivity index (χ1n) is 11.2. The highest BCUT2D eigenvalue weighted by Crippen LogP contribution is 2.30. The molecule has 1 aliphatic heterocycles. The predicted octanol–water partition coefficient (Wildman–Crippen LogP) is 3.27. The Bertz CT molecular complexity index is 1160. The second kappa shape index (κ2) is 10.3. The van der Waals surface area contributed by atoms with Crippen LogP contribution in [-0.2, 0) is 17.8 Å². The first kappa shape index (κ1) is 22.5. The second-order valence-electron chi connectivity index (χ2n) is 8.40. The van der Waals surface area contributed by atoms with E-state index in [0.29, 0.717) is 22.9 Å². The molecule has 0 atom stereocenters. The minimum absolute atomic E-state index is 0.237. The van der Waals surface area contributed by atoms with Gasteiger partial charge in [-0.1, -0.05) is 13.8 Å². The van der Waals surface area contributed by atoms with Crippen LogP contribution in [0.2, 0.25) is 0 Å². The van der Waals surface area contributed by atoms with E-state index >= 15 is 0 Å². The number of aromatic nitrogens is 4. The number of hydrogen-bond donors (Lipinski definition) is 3. The van der Waals surface area contributed by atoms with E-state index in [1.807, 2.05) is 30.6 Å². The van der Waals surface area contributed by atoms with Crippen molar-refractivity contribution in [2.75, 3.05) is 6.54 Å². The molecule has 4 heterocycles. The highest BCUT2D eigenvalue weighted by Gasteiger charge is 2.26. The third-order valence-corrected chi connectivity index (χ3v) is 5.69. The predicted molar refractivity (Wildman–Crippen MR) is 129 cm³/mol. The molecule has 170 valence electrons. The summed E-state index contributed by atoms with van der Waals surface area (Å²) in [5.74, 6) is 0.0717. The zero-order valence-electron chi connectivity index (χ0n) is 19.2. The van der Waals surface area contributed by atoms with Crippen molar-refractivity contribution in [1.82, 2.24) is 30.7 Å². The molecule has 4 rings (SSSR count). The van der Waals surface area contributed by atoms with E-state index in [1.165, 1.54) is 16.7 Å². The maximum atomic E-state index is 12.5. The van der Waals surface area contributed by atoms with Gasteiger partial charge in [0.25, 0.3) is 5.91 Å². The van der Waals surface area contributed by atoms with Crippen molar-refractivity contribution in [3.63, 3.8) is 0 Å². The molecular weight excluding hydrogens is 414 g/mol. The molecule has 0 radical (unpaired) electrons. The Morgan fingerprint density at radius 3 is 2.67 bits per heavy atom. The second-order valence-corrected chi connectivity index (χ2v) is 8.40. The Balaban J connectivity index is 1.50. The fourth-order valence-electron chi connectivity index (χ4n) is 4.16. The number of nitrogens with zero attached hydrogens (tertiary/aromatic N) is 4. The van der Waals surface area contributed by atoms with Crippen LogP contribution in [-0.4, -0.2) is 38.1 Å². The minimum atomic E-state index is -0.237. The molecule has 33 heavy (non-hydrogen) atoms. The molecule has 3 aromatic heterocycles. The maximum Gasteiger partial charge on any atom is 0.273 e. The fraction of sp³-hybridized carbons (Fsp3) is 0.320. The van der Waals surface area contributed by atoms with Crippen molar-refractivity contribution >= 4 is 17.7 Å². The van der Waals surface area contributed by atoms with Crippen LogP contribution in [0.5, 0.6) is 0 Å². The Kier molecular flexibility index (Phi) is 7.04. The summed E-state index contributed by atoms with van der Waals surface area (Å²) in [4.78, 5) is 28.5. The number of carbonyl (C=O) groups excluding carboxylic acids is 1. The molecule has 3 N–H and O–H groups in total. The number of nitrogens with one attached hydrogen (secondary N) is 3. The van der Waals surface area contributed by atoms with Gasteiger partial charge in [-0.25, -0.2) is 5.43 Å². The summed E-state index contributed by atoms with van der Waals surface area (Å²) in [6.07, 6.45) is 12.3. The van der Waals surface area contributed by atoms with Gasteiger partial charge in [0.15, 0.2) is 0 Å². The molecule has 8 nitrogen and oxygen atoms in total. The zero-order valence-corrected chi connectivity index (χ0v) is 19.2. The molecule has 8 heteroatoms. The molecule has 0 bridgehead atoms. The van der Waals surface area contributed by atoms with Gasteiger partial charge in [0.05, 0.1) is 11.8 Å². The molecule has 0 aromatic carbocycles. The van der Waals surface area contributed by atoms with E-state index in [9.17, 15) is 4.79 Å². The largest absolute Gasteiger partial charge is 0.359 e. The minimum Gasteiger partial charge on any atom is -0.359 e. The normalized spacial score (nSPS) is 14.7. The van der Waals surface area contributed by atoms with Gasteiger partial charge in [0, 0.05) is 42.7 Å². The van der Waals surface area contributed by atoms with Crippen LogP contribution < -0.4 is 10.7 Å². The number of pyridine rings is 1. The SMILES string of the molecule is Cc1[nH]c(/C=C2/C(=O)NN=C2c2cnccn2)c(C(C)C)c1CCCNCc1ccncc1. The third kappa shape index (κ3) is 5.23. The van der Waals surface area contributed by atoms with Gasteiger partial charge in [-0.15, -0.1) is 0 Å². The number of aromatic amines is 1. The van der Waals surface area contributed by atoms with Gasteiger partial charge in [0.2, 0.25) is 0 Å². The van der Waals surface area contributed by atoms with Gasteiger partial charge in [0.1, 0.15) is 11.4 Å². The topological polar surface area (TPSA) is 108 Å². The van der Waals surface area contributed by atoms with Crippen molar-refractivity contribution in [1.29, 1.82) is 0 Å². The Labute approximate surface area is 193 Å². The van der Waals surface area contributed by atoms with Crippen LogP contribution in [0, 0.1) is 6.92 Å². The van der Waals surface area contributed by atoms with E-state index < -0.39 is 0 Å². The molecule has 0 aliphatic carbocycles. The highest BCUT2D eigenvalue weighted by atomic mass is 16.2. The highest BCUT2D eigenvalue weighted by molar-refractivity contribution is 6.32. The van der Waals surface area contributed by atoms with E-state index in [-0.39, 0.29) is 5.91 Å². The van der Waals surface area contributed by atoms with Crippen LogP contribution in [0.3, 0.4) is 0 Å². The summed E-state index contributed by atoms with van der Waals surface area (Å²) in [5.41, 5.74) is 10.0. The van der Waals surface area contributed by atoms with Gasteiger partial charge >= 0.3 is 0 Å². The lowest BCUT2D eigenvalue weighted by atomic mass is 9.93. The van der Waals surface area contributed by atoms with Crippen molar-refractivity contribution in [3.8, 4) is 0 Å². The third-order valence-electron chi connectivity index (χ3n) is 5.69. The first-order valence-corrected chi connectivity index (χ1v) is 11.2. The molecule has 1 amide bonds. The fourth-order valence-corrected chi connectivity index (χ4v) is 4.16. The molecule has 3 aromatic rings. The van der Waals surface area contributed by atoms with Crippen LogP contribution in [0.15, 0.2) is 53.8 Å². The number of rotatable bonds is 9. The van der Waals surface area contributed by atoms with Crippen molar-refractivity contribution in [2.24, 2.45) is 5.10 Å². The molecule has 0 spiro atoms. The monoisotopic (exact) mass is 443 g/mol. The summed E-state index contributed by atoms with van der Waals surface area (Å²) in [6, 6.07) is 4.05. The lowest BCUT2D eigenvalue weighted by Gasteiger charge is -2.11. The Morgan fingerprint density at radius 1 is 1.12 bits per heavy atom. The average molecular weight is 444 g/mol. The van der Waals surface area contributed by atoms with Gasteiger partial charge < -0.3 is 10.3 Å². The Hall–Kier alpha value is -3.65. The summed E-state index contributed by atoms with van der Waals surface area (Å²) in [7, 11) is 0. The van der Waals surface area contributed by atoms with Crippen molar-refractivity contribution in [2.45, 2.75) is 46.1 Å². The maximum absolute atomic E-state index is 12.5. The van der Waals surface area contributed by atoms with Crippen LogP contribution >= 0.6 is 0 Å². The summed E-state index contributed by atoms with van der Waals surface area (Å²) in [6.45, 7) is 8.22. The molecule has 0 saturated carbocycles. The number of H-pyrrole nitrogens is 1. The van der Waals surface area contributed by atoms with Crippen molar-refractivity contribution < 1.29 is 4.79 Å². The Morgan fingerprint density at radius 2 is 1.94 bits per heavy atom. The summed E-state index contributed by atoms with van der Waals surface area (Å²) in [5, 5.41) is 7.69. The summed E-state index contributed by atoms with van der Waals surface area (Å²) < 4.78 is 0. The lowest BCUT2D eigenvalue weighted by Crippen LogP contribution is -2.15. The lowest BCUT2D eigenvalue weighted by molar-refractivity contribution is -0.116. The van der Waals surface area contributed by atoms with Crippen LogP contribution in [0.25, 0.3) is 6.08 Å². The van der Waals surface area contributed by atoms with Crippen LogP contribution in [0.1, 0.15) is 60.0 Å². The van der Waals surface area contributed by atoms with Crippen molar-refractivity contribution in [3.05, 3.63) is 82.5 Å². The summed E-state index contributed by atoms with van der Waals surface area (Å²) >= 11 is 0. The number of carbonyl (C=O) groups is 1. The smallest absolute Gasteiger partial charge is 0.273 e. The zero-order chi connectivity index (χ0) is 23.2. The number of hydrogen-bond acceptors (Lipinski definition) is 6. The standard InChI is InChI=1S/C25H29N7O/c1-16(2)23-19(5-4-8-27-14-18-6-9-26-10-7-18)17(3)30-21(23)13-20-24(31-32-25(20)33)22-15-28-11-12-29-22/h6-7,9-13,15-16,27,30H,4-5,8,14H2,1-3H3,(H,32,33)/b20-13+.